The molecule has 0 spiro atoms. The van der Waals surface area contributed by atoms with Gasteiger partial charge in [-0.05, 0) is 13.0 Å². The molecule has 0 bridgehead atoms. The van der Waals surface area contributed by atoms with Crippen molar-refractivity contribution in [2.45, 2.75) is 13.0 Å². The smallest absolute Gasteiger partial charge is 0.215 e. The summed E-state index contributed by atoms with van der Waals surface area (Å²) in [6.07, 6.45) is -0.616. The van der Waals surface area contributed by atoms with Gasteiger partial charge in [0.2, 0.25) is 5.88 Å². The topological polar surface area (TPSA) is 71.0 Å². The first-order chi connectivity index (χ1) is 6.70. The lowest BCUT2D eigenvalue weighted by molar-refractivity contribution is 0.190. The zero-order valence-electron chi connectivity index (χ0n) is 7.98. The van der Waals surface area contributed by atoms with Crippen LogP contribution >= 0.6 is 0 Å². The molecule has 2 aromatic heterocycles. The number of ether oxygens (including phenoxy) is 1. The maximum absolute atomic E-state index is 9.30. The summed E-state index contributed by atoms with van der Waals surface area (Å²) >= 11 is 0. The van der Waals surface area contributed by atoms with Crippen LogP contribution < -0.4 is 4.74 Å². The lowest BCUT2D eigenvalue weighted by Crippen LogP contribution is -1.92. The second-order valence-electron chi connectivity index (χ2n) is 3.02. The van der Waals surface area contributed by atoms with Gasteiger partial charge in [0.15, 0.2) is 5.65 Å². The lowest BCUT2D eigenvalue weighted by Gasteiger charge is -1.95. The fourth-order valence-electron chi connectivity index (χ4n) is 1.21. The summed E-state index contributed by atoms with van der Waals surface area (Å²) in [5, 5.41) is 9.30. The standard InChI is InChI=1S/C9H11N3O2/c1-5(13)8-10-6-3-4-7(14-2)11-9(6)12-8/h3-5,13H,1-2H3,(H,10,11,12). The van der Waals surface area contributed by atoms with Crippen LogP contribution in [0.5, 0.6) is 5.88 Å². The molecule has 2 heterocycles. The SMILES string of the molecule is COc1ccc2[nH]c(C(C)O)nc2n1. The Morgan fingerprint density at radius 1 is 1.43 bits per heavy atom. The molecule has 0 saturated heterocycles. The van der Waals surface area contributed by atoms with E-state index in [4.69, 9.17) is 4.74 Å². The van der Waals surface area contributed by atoms with Crippen LogP contribution in [0.15, 0.2) is 12.1 Å². The number of aromatic amines is 1. The van der Waals surface area contributed by atoms with E-state index in [-0.39, 0.29) is 0 Å². The van der Waals surface area contributed by atoms with Gasteiger partial charge in [0, 0.05) is 6.07 Å². The van der Waals surface area contributed by atoms with E-state index in [1.807, 2.05) is 6.07 Å². The molecular formula is C9H11N3O2. The lowest BCUT2D eigenvalue weighted by atomic mass is 10.4. The van der Waals surface area contributed by atoms with Crippen LogP contribution in [0.4, 0.5) is 0 Å². The van der Waals surface area contributed by atoms with Crippen LogP contribution in [-0.2, 0) is 0 Å². The molecule has 14 heavy (non-hydrogen) atoms. The largest absolute Gasteiger partial charge is 0.481 e. The maximum Gasteiger partial charge on any atom is 0.215 e. The molecule has 0 saturated carbocycles. The number of hydrogen-bond acceptors (Lipinski definition) is 4. The molecule has 0 fully saturated rings. The minimum atomic E-state index is -0.616. The molecule has 5 heteroatoms. The first kappa shape index (κ1) is 8.96. The third-order valence-electron chi connectivity index (χ3n) is 1.94. The minimum Gasteiger partial charge on any atom is -0.481 e. The summed E-state index contributed by atoms with van der Waals surface area (Å²) in [4.78, 5) is 11.2. The first-order valence-corrected chi connectivity index (χ1v) is 4.29. The Hall–Kier alpha value is -1.62. The predicted octanol–water partition coefficient (Wildman–Crippen LogP) is 1.02. The first-order valence-electron chi connectivity index (χ1n) is 4.29. The van der Waals surface area contributed by atoms with Crippen molar-refractivity contribution in [3.63, 3.8) is 0 Å². The Bertz CT molecular complexity index is 450. The van der Waals surface area contributed by atoms with Gasteiger partial charge in [0.25, 0.3) is 0 Å². The molecular weight excluding hydrogens is 182 g/mol. The summed E-state index contributed by atoms with van der Waals surface area (Å²) in [6.45, 7) is 1.65. The highest BCUT2D eigenvalue weighted by atomic mass is 16.5. The van der Waals surface area contributed by atoms with Crippen LogP contribution in [0.25, 0.3) is 11.2 Å². The van der Waals surface area contributed by atoms with E-state index < -0.39 is 6.10 Å². The van der Waals surface area contributed by atoms with Crippen LogP contribution in [0.3, 0.4) is 0 Å². The van der Waals surface area contributed by atoms with Crippen molar-refractivity contribution in [2.24, 2.45) is 0 Å². The fourth-order valence-corrected chi connectivity index (χ4v) is 1.21. The molecule has 2 aromatic rings. The van der Waals surface area contributed by atoms with Gasteiger partial charge in [-0.3, -0.25) is 0 Å². The number of pyridine rings is 1. The molecule has 5 nitrogen and oxygen atoms in total. The van der Waals surface area contributed by atoms with E-state index in [2.05, 4.69) is 15.0 Å². The normalized spacial score (nSPS) is 13.1. The molecule has 74 valence electrons. The Morgan fingerprint density at radius 2 is 2.21 bits per heavy atom. The number of hydrogen-bond donors (Lipinski definition) is 2. The Labute approximate surface area is 80.8 Å². The average Bonchev–Trinajstić information content (AvgIpc) is 2.59. The van der Waals surface area contributed by atoms with Gasteiger partial charge in [-0.1, -0.05) is 0 Å². The van der Waals surface area contributed by atoms with Gasteiger partial charge in [-0.15, -0.1) is 0 Å². The number of imidazole rings is 1. The Balaban J connectivity index is 2.54. The van der Waals surface area contributed by atoms with E-state index >= 15 is 0 Å². The molecule has 1 unspecified atom stereocenters. The van der Waals surface area contributed by atoms with Crippen LogP contribution in [0.1, 0.15) is 18.9 Å². The number of H-pyrrole nitrogens is 1. The van der Waals surface area contributed by atoms with Crippen molar-refractivity contribution >= 4 is 11.2 Å². The van der Waals surface area contributed by atoms with E-state index in [1.165, 1.54) is 0 Å². The van der Waals surface area contributed by atoms with Crippen LogP contribution in [0, 0.1) is 0 Å². The number of nitrogens with one attached hydrogen (secondary N) is 1. The number of rotatable bonds is 2. The zero-order valence-corrected chi connectivity index (χ0v) is 7.98. The third kappa shape index (κ3) is 1.42. The highest BCUT2D eigenvalue weighted by Gasteiger charge is 2.08. The maximum atomic E-state index is 9.30. The molecule has 0 radical (unpaired) electrons. The molecule has 0 aliphatic heterocycles. The molecule has 0 amide bonds. The zero-order chi connectivity index (χ0) is 10.1. The van der Waals surface area contributed by atoms with Gasteiger partial charge >= 0.3 is 0 Å². The van der Waals surface area contributed by atoms with Gasteiger partial charge < -0.3 is 14.8 Å². The Morgan fingerprint density at radius 3 is 2.86 bits per heavy atom. The second kappa shape index (κ2) is 3.26. The number of aliphatic hydroxyl groups is 1. The quantitative estimate of drug-likeness (QED) is 0.747. The van der Waals surface area contributed by atoms with Crippen molar-refractivity contribution in [3.8, 4) is 5.88 Å². The average molecular weight is 193 g/mol. The molecule has 0 aliphatic carbocycles. The van der Waals surface area contributed by atoms with Crippen molar-refractivity contribution in [2.75, 3.05) is 7.11 Å². The number of aromatic nitrogens is 3. The molecule has 2 rings (SSSR count). The van der Waals surface area contributed by atoms with Gasteiger partial charge in [-0.25, -0.2) is 4.98 Å². The van der Waals surface area contributed by atoms with Gasteiger partial charge in [-0.2, -0.15) is 4.98 Å². The predicted molar refractivity (Wildman–Crippen MR) is 51.1 cm³/mol. The van der Waals surface area contributed by atoms with Gasteiger partial charge in [0.05, 0.1) is 12.6 Å². The van der Waals surface area contributed by atoms with E-state index in [9.17, 15) is 5.11 Å². The summed E-state index contributed by atoms with van der Waals surface area (Å²) in [7, 11) is 1.55. The van der Waals surface area contributed by atoms with E-state index in [0.29, 0.717) is 17.4 Å². The van der Waals surface area contributed by atoms with Crippen molar-refractivity contribution in [1.29, 1.82) is 0 Å². The second-order valence-corrected chi connectivity index (χ2v) is 3.02. The summed E-state index contributed by atoms with van der Waals surface area (Å²) in [5.41, 5.74) is 1.35. The summed E-state index contributed by atoms with van der Waals surface area (Å²) in [6, 6.07) is 3.56. The molecule has 0 aliphatic rings. The third-order valence-corrected chi connectivity index (χ3v) is 1.94. The highest BCUT2D eigenvalue weighted by molar-refractivity contribution is 5.71. The highest BCUT2D eigenvalue weighted by Crippen LogP contribution is 2.16. The van der Waals surface area contributed by atoms with E-state index in [0.717, 1.165) is 5.52 Å². The van der Waals surface area contributed by atoms with Crippen LogP contribution in [0.2, 0.25) is 0 Å². The number of aliphatic hydroxyl groups excluding tert-OH is 1. The molecule has 0 aromatic carbocycles. The van der Waals surface area contributed by atoms with Crippen molar-refractivity contribution in [1.82, 2.24) is 15.0 Å². The van der Waals surface area contributed by atoms with Crippen molar-refractivity contribution in [3.05, 3.63) is 18.0 Å². The molecule has 1 atom stereocenters. The van der Waals surface area contributed by atoms with E-state index in [1.54, 1.807) is 20.1 Å². The Kier molecular flexibility index (Phi) is 2.09. The number of nitrogens with zero attached hydrogens (tertiary/aromatic N) is 2. The van der Waals surface area contributed by atoms with Crippen LogP contribution in [-0.4, -0.2) is 27.2 Å². The monoisotopic (exact) mass is 193 g/mol. The minimum absolute atomic E-state index is 0.515. The number of methoxy groups -OCH3 is 1. The van der Waals surface area contributed by atoms with Crippen molar-refractivity contribution < 1.29 is 9.84 Å². The molecule has 2 N–H and O–H groups in total. The van der Waals surface area contributed by atoms with Gasteiger partial charge in [0.1, 0.15) is 11.9 Å². The summed E-state index contributed by atoms with van der Waals surface area (Å²) in [5.74, 6) is 1.03. The fraction of sp³-hybridized carbons (Fsp3) is 0.333. The number of fused-ring (bicyclic) bond motifs is 1. The summed E-state index contributed by atoms with van der Waals surface area (Å²) < 4.78 is 4.96.